The summed E-state index contributed by atoms with van der Waals surface area (Å²) in [5.74, 6) is -1.98. The van der Waals surface area contributed by atoms with Crippen LogP contribution in [0.3, 0.4) is 0 Å². The molecule has 1 amide bonds. The zero-order chi connectivity index (χ0) is 21.8. The number of benzene rings is 1. The molecule has 30 heavy (non-hydrogen) atoms. The third-order valence-electron chi connectivity index (χ3n) is 6.18. The highest BCUT2D eigenvalue weighted by Crippen LogP contribution is 2.53. The number of fused-ring (bicyclic) bond motifs is 2. The van der Waals surface area contributed by atoms with Crippen molar-refractivity contribution in [3.8, 4) is 11.1 Å². The van der Waals surface area contributed by atoms with Crippen molar-refractivity contribution in [2.24, 2.45) is 5.92 Å². The standard InChI is InChI=1S/C21H22ClFN4O3/c1-27(2)19(28)14-13(24)4-3-11(17(14)23)12-8-25-18-15(16(12)22)21(9-26-18)6-5-10(7-21)20(29)30/h3-4,8,10H,5-7,9,24H2,1-2H3,(H,25,26)(H,29,30). The third kappa shape index (κ3) is 2.98. The Labute approximate surface area is 178 Å². The lowest BCUT2D eigenvalue weighted by Gasteiger charge is -2.25. The van der Waals surface area contributed by atoms with Crippen LogP contribution in [0, 0.1) is 11.7 Å². The van der Waals surface area contributed by atoms with E-state index >= 15 is 4.39 Å². The van der Waals surface area contributed by atoms with Crippen molar-refractivity contribution in [2.75, 3.05) is 31.7 Å². The van der Waals surface area contributed by atoms with Crippen molar-refractivity contribution in [1.29, 1.82) is 0 Å². The molecule has 1 spiro atoms. The number of carboxylic acid groups (broad SMARTS) is 1. The van der Waals surface area contributed by atoms with Crippen LogP contribution in [0.1, 0.15) is 35.2 Å². The molecule has 1 aliphatic carbocycles. The SMILES string of the molecule is CN(C)C(=O)c1c(N)ccc(-c2cnc3c(c2Cl)C2(CCC(C(=O)O)C2)CN3)c1F. The van der Waals surface area contributed by atoms with Gasteiger partial charge in [-0.3, -0.25) is 9.59 Å². The number of nitrogen functional groups attached to an aromatic ring is 1. The summed E-state index contributed by atoms with van der Waals surface area (Å²) < 4.78 is 15.4. The minimum Gasteiger partial charge on any atom is -0.481 e. The number of pyridine rings is 1. The first-order valence-electron chi connectivity index (χ1n) is 9.62. The number of aromatic nitrogens is 1. The largest absolute Gasteiger partial charge is 0.481 e. The van der Waals surface area contributed by atoms with Crippen molar-refractivity contribution in [1.82, 2.24) is 9.88 Å². The van der Waals surface area contributed by atoms with Crippen molar-refractivity contribution in [3.05, 3.63) is 40.3 Å². The average Bonchev–Trinajstić information content (AvgIpc) is 3.28. The van der Waals surface area contributed by atoms with Crippen molar-refractivity contribution in [2.45, 2.75) is 24.7 Å². The fourth-order valence-corrected chi connectivity index (χ4v) is 5.04. The van der Waals surface area contributed by atoms with Gasteiger partial charge in [-0.05, 0) is 31.4 Å². The summed E-state index contributed by atoms with van der Waals surface area (Å²) in [7, 11) is 3.04. The fourth-order valence-electron chi connectivity index (χ4n) is 4.60. The van der Waals surface area contributed by atoms with Gasteiger partial charge in [-0.25, -0.2) is 9.37 Å². The van der Waals surface area contributed by atoms with Crippen LogP contribution in [0.15, 0.2) is 18.3 Å². The summed E-state index contributed by atoms with van der Waals surface area (Å²) in [6.07, 6.45) is 3.12. The van der Waals surface area contributed by atoms with Gasteiger partial charge in [0.25, 0.3) is 5.91 Å². The van der Waals surface area contributed by atoms with E-state index in [2.05, 4.69) is 10.3 Å². The highest BCUT2D eigenvalue weighted by molar-refractivity contribution is 6.34. The zero-order valence-corrected chi connectivity index (χ0v) is 17.4. The second-order valence-electron chi connectivity index (χ2n) is 8.21. The van der Waals surface area contributed by atoms with Gasteiger partial charge < -0.3 is 21.1 Å². The quantitative estimate of drug-likeness (QED) is 0.641. The summed E-state index contributed by atoms with van der Waals surface area (Å²) in [4.78, 5) is 29.6. The first-order valence-corrected chi connectivity index (χ1v) is 10.00. The first kappa shape index (κ1) is 20.4. The lowest BCUT2D eigenvalue weighted by Crippen LogP contribution is -2.26. The topological polar surface area (TPSA) is 109 Å². The van der Waals surface area contributed by atoms with E-state index in [1.165, 1.54) is 37.3 Å². The van der Waals surface area contributed by atoms with Gasteiger partial charge in [0, 0.05) is 54.6 Å². The maximum absolute atomic E-state index is 15.4. The summed E-state index contributed by atoms with van der Waals surface area (Å²) in [6.45, 7) is 0.539. The number of carboxylic acids is 1. The Balaban J connectivity index is 1.85. The molecular weight excluding hydrogens is 411 g/mol. The maximum atomic E-state index is 15.4. The molecule has 1 saturated carbocycles. The van der Waals surface area contributed by atoms with Gasteiger partial charge in [0.05, 0.1) is 16.5 Å². The van der Waals surface area contributed by atoms with E-state index in [4.69, 9.17) is 17.3 Å². The van der Waals surface area contributed by atoms with Crippen LogP contribution in [0.25, 0.3) is 11.1 Å². The summed E-state index contributed by atoms with van der Waals surface area (Å²) in [5, 5.41) is 13.0. The van der Waals surface area contributed by atoms with Crippen LogP contribution in [0.4, 0.5) is 15.9 Å². The van der Waals surface area contributed by atoms with Crippen molar-refractivity contribution >= 4 is 35.0 Å². The monoisotopic (exact) mass is 432 g/mol. The molecule has 0 saturated heterocycles. The fraction of sp³-hybridized carbons (Fsp3) is 0.381. The molecule has 0 bridgehead atoms. The highest BCUT2D eigenvalue weighted by atomic mass is 35.5. The van der Waals surface area contributed by atoms with E-state index in [0.717, 1.165) is 5.56 Å². The second kappa shape index (κ2) is 7.12. The Kier molecular flexibility index (Phi) is 4.85. The van der Waals surface area contributed by atoms with Crippen LogP contribution >= 0.6 is 11.6 Å². The molecule has 2 aliphatic rings. The Morgan fingerprint density at radius 2 is 2.10 bits per heavy atom. The van der Waals surface area contributed by atoms with Gasteiger partial charge in [-0.2, -0.15) is 0 Å². The predicted molar refractivity (Wildman–Crippen MR) is 112 cm³/mol. The summed E-state index contributed by atoms with van der Waals surface area (Å²) in [5.41, 5.74) is 6.45. The number of aliphatic carboxylic acids is 1. The third-order valence-corrected chi connectivity index (χ3v) is 6.57. The molecule has 2 atom stereocenters. The Bertz CT molecular complexity index is 1070. The molecule has 0 radical (unpaired) electrons. The van der Waals surface area contributed by atoms with E-state index in [-0.39, 0.29) is 16.8 Å². The number of nitrogens with two attached hydrogens (primary N) is 1. The van der Waals surface area contributed by atoms with E-state index in [9.17, 15) is 14.7 Å². The molecule has 1 aliphatic heterocycles. The maximum Gasteiger partial charge on any atom is 0.306 e. The lowest BCUT2D eigenvalue weighted by atomic mass is 9.79. The molecule has 158 valence electrons. The molecule has 2 unspecified atom stereocenters. The van der Waals surface area contributed by atoms with Crippen molar-refractivity contribution in [3.63, 3.8) is 0 Å². The Morgan fingerprint density at radius 3 is 2.73 bits per heavy atom. The van der Waals surface area contributed by atoms with Crippen LogP contribution in [0.5, 0.6) is 0 Å². The Hall–Kier alpha value is -2.87. The van der Waals surface area contributed by atoms with Gasteiger partial charge >= 0.3 is 5.97 Å². The van der Waals surface area contributed by atoms with E-state index in [1.807, 2.05) is 0 Å². The molecule has 2 heterocycles. The minimum atomic E-state index is -0.822. The van der Waals surface area contributed by atoms with Crippen LogP contribution in [0.2, 0.25) is 5.02 Å². The molecule has 2 aromatic rings. The second-order valence-corrected chi connectivity index (χ2v) is 8.59. The van der Waals surface area contributed by atoms with E-state index in [0.29, 0.717) is 42.2 Å². The van der Waals surface area contributed by atoms with Gasteiger partial charge in [-0.1, -0.05) is 11.6 Å². The van der Waals surface area contributed by atoms with Gasteiger partial charge in [0.1, 0.15) is 11.6 Å². The van der Waals surface area contributed by atoms with Crippen molar-refractivity contribution < 1.29 is 19.1 Å². The number of nitrogens with zero attached hydrogens (tertiary/aromatic N) is 2. The number of rotatable bonds is 3. The smallest absolute Gasteiger partial charge is 0.306 e. The lowest BCUT2D eigenvalue weighted by molar-refractivity contribution is -0.141. The number of carbonyl (C=O) groups is 2. The molecule has 7 nitrogen and oxygen atoms in total. The van der Waals surface area contributed by atoms with Gasteiger partial charge in [-0.15, -0.1) is 0 Å². The number of hydrogen-bond donors (Lipinski definition) is 3. The van der Waals surface area contributed by atoms with Crippen LogP contribution in [-0.4, -0.2) is 47.5 Å². The molecular formula is C21H22ClFN4O3. The minimum absolute atomic E-state index is 0.0402. The molecule has 4 rings (SSSR count). The number of amides is 1. The number of anilines is 2. The summed E-state index contributed by atoms with van der Waals surface area (Å²) >= 11 is 6.77. The number of carbonyl (C=O) groups excluding carboxylic acids is 1. The summed E-state index contributed by atoms with van der Waals surface area (Å²) in [6, 6.07) is 2.96. The van der Waals surface area contributed by atoms with Crippen LogP contribution in [-0.2, 0) is 10.2 Å². The molecule has 4 N–H and O–H groups in total. The first-order chi connectivity index (χ1) is 14.2. The van der Waals surface area contributed by atoms with Gasteiger partial charge in [0.15, 0.2) is 0 Å². The number of nitrogens with one attached hydrogen (secondary N) is 1. The molecule has 1 aromatic heterocycles. The molecule has 1 fully saturated rings. The Morgan fingerprint density at radius 1 is 1.37 bits per heavy atom. The zero-order valence-electron chi connectivity index (χ0n) is 16.6. The van der Waals surface area contributed by atoms with E-state index < -0.39 is 29.0 Å². The number of hydrogen-bond acceptors (Lipinski definition) is 5. The molecule has 9 heteroatoms. The van der Waals surface area contributed by atoms with Crippen LogP contribution < -0.4 is 11.1 Å². The van der Waals surface area contributed by atoms with Gasteiger partial charge in [0.2, 0.25) is 0 Å². The normalized spacial score (nSPS) is 22.1. The highest BCUT2D eigenvalue weighted by Gasteiger charge is 2.49. The molecule has 1 aromatic carbocycles. The average molecular weight is 433 g/mol. The predicted octanol–water partition coefficient (Wildman–Crippen LogP) is 3.37. The van der Waals surface area contributed by atoms with E-state index in [1.54, 1.807) is 0 Å². The number of halogens is 2.